The second kappa shape index (κ2) is 4.77. The van der Waals surface area contributed by atoms with E-state index in [1.165, 1.54) is 6.08 Å². The third kappa shape index (κ3) is 2.38. The van der Waals surface area contributed by atoms with Crippen LogP contribution in [0.2, 0.25) is 0 Å². The topological polar surface area (TPSA) is 32.8 Å². The fourth-order valence-electron chi connectivity index (χ4n) is 2.31. The van der Waals surface area contributed by atoms with Crippen LogP contribution in [-0.2, 0) is 9.53 Å². The van der Waals surface area contributed by atoms with Crippen LogP contribution in [0.4, 0.5) is 0 Å². The largest absolute Gasteiger partial charge is 0.379 e. The van der Waals surface area contributed by atoms with Crippen LogP contribution in [0, 0.1) is 0 Å². The first-order valence-electron chi connectivity index (χ1n) is 5.54. The van der Waals surface area contributed by atoms with Gasteiger partial charge in [-0.25, -0.2) is 0 Å². The SMILES string of the molecule is C=CC(=O)N1CC[C@H](N2CCOCC2)C1. The fraction of sp³-hybridized carbons (Fsp3) is 0.727. The Morgan fingerprint density at radius 2 is 2.07 bits per heavy atom. The highest BCUT2D eigenvalue weighted by Crippen LogP contribution is 2.16. The number of amides is 1. The van der Waals surface area contributed by atoms with Crippen molar-refractivity contribution in [2.45, 2.75) is 12.5 Å². The van der Waals surface area contributed by atoms with Crippen molar-refractivity contribution in [1.29, 1.82) is 0 Å². The lowest BCUT2D eigenvalue weighted by molar-refractivity contribution is -0.125. The summed E-state index contributed by atoms with van der Waals surface area (Å²) in [5.74, 6) is 0.0609. The maximum atomic E-state index is 11.4. The van der Waals surface area contributed by atoms with Gasteiger partial charge in [0.25, 0.3) is 0 Å². The Labute approximate surface area is 90.5 Å². The summed E-state index contributed by atoms with van der Waals surface area (Å²) in [6.45, 7) is 8.89. The van der Waals surface area contributed by atoms with Crippen molar-refractivity contribution in [3.63, 3.8) is 0 Å². The molecule has 2 aliphatic rings. The van der Waals surface area contributed by atoms with E-state index in [1.807, 2.05) is 4.90 Å². The van der Waals surface area contributed by atoms with Crippen molar-refractivity contribution in [1.82, 2.24) is 9.80 Å². The molecule has 4 nitrogen and oxygen atoms in total. The zero-order valence-corrected chi connectivity index (χ0v) is 9.02. The molecule has 0 aromatic heterocycles. The van der Waals surface area contributed by atoms with E-state index < -0.39 is 0 Å². The molecule has 1 amide bonds. The van der Waals surface area contributed by atoms with E-state index in [4.69, 9.17) is 4.74 Å². The predicted molar refractivity (Wildman–Crippen MR) is 57.6 cm³/mol. The average Bonchev–Trinajstić information content (AvgIpc) is 2.78. The van der Waals surface area contributed by atoms with Gasteiger partial charge in [0.2, 0.25) is 5.91 Å². The quantitative estimate of drug-likeness (QED) is 0.606. The van der Waals surface area contributed by atoms with Gasteiger partial charge in [0.05, 0.1) is 13.2 Å². The van der Waals surface area contributed by atoms with Crippen molar-refractivity contribution >= 4 is 5.91 Å². The van der Waals surface area contributed by atoms with Crippen molar-refractivity contribution < 1.29 is 9.53 Å². The number of morpholine rings is 1. The van der Waals surface area contributed by atoms with Gasteiger partial charge in [-0.05, 0) is 12.5 Å². The highest BCUT2D eigenvalue weighted by Gasteiger charge is 2.29. The van der Waals surface area contributed by atoms with Crippen molar-refractivity contribution in [3.05, 3.63) is 12.7 Å². The summed E-state index contributed by atoms with van der Waals surface area (Å²) in [6, 6.07) is 0.526. The second-order valence-corrected chi connectivity index (χ2v) is 4.08. The minimum atomic E-state index is 0.0609. The third-order valence-electron chi connectivity index (χ3n) is 3.21. The van der Waals surface area contributed by atoms with E-state index in [0.29, 0.717) is 6.04 Å². The van der Waals surface area contributed by atoms with E-state index in [2.05, 4.69) is 11.5 Å². The number of hydrogen-bond acceptors (Lipinski definition) is 3. The molecule has 0 N–H and O–H groups in total. The van der Waals surface area contributed by atoms with E-state index in [1.54, 1.807) is 0 Å². The van der Waals surface area contributed by atoms with Crippen molar-refractivity contribution in [3.8, 4) is 0 Å². The monoisotopic (exact) mass is 210 g/mol. The third-order valence-corrected chi connectivity index (χ3v) is 3.21. The highest BCUT2D eigenvalue weighted by atomic mass is 16.5. The predicted octanol–water partition coefficient (Wildman–Crippen LogP) is 0.106. The average molecular weight is 210 g/mol. The molecule has 84 valence electrons. The minimum absolute atomic E-state index is 0.0609. The standard InChI is InChI=1S/C11H18N2O2/c1-2-11(14)13-4-3-10(9-13)12-5-7-15-8-6-12/h2,10H,1,3-9H2/t10-/m0/s1. The molecule has 2 rings (SSSR count). The number of rotatable bonds is 2. The molecule has 0 bridgehead atoms. The normalized spacial score (nSPS) is 28.0. The fourth-order valence-corrected chi connectivity index (χ4v) is 2.31. The Morgan fingerprint density at radius 1 is 1.33 bits per heavy atom. The molecule has 1 atom stereocenters. The Balaban J connectivity index is 1.85. The summed E-state index contributed by atoms with van der Waals surface area (Å²) < 4.78 is 5.32. The summed E-state index contributed by atoms with van der Waals surface area (Å²) >= 11 is 0. The van der Waals surface area contributed by atoms with E-state index in [0.717, 1.165) is 45.8 Å². The van der Waals surface area contributed by atoms with Crippen molar-refractivity contribution in [2.75, 3.05) is 39.4 Å². The maximum absolute atomic E-state index is 11.4. The molecule has 0 spiro atoms. The second-order valence-electron chi connectivity index (χ2n) is 4.08. The highest BCUT2D eigenvalue weighted by molar-refractivity contribution is 5.87. The molecular formula is C11H18N2O2. The summed E-state index contributed by atoms with van der Waals surface area (Å²) in [7, 11) is 0. The van der Waals surface area contributed by atoms with Crippen LogP contribution in [0.15, 0.2) is 12.7 Å². The van der Waals surface area contributed by atoms with Gasteiger partial charge in [-0.2, -0.15) is 0 Å². The van der Waals surface area contributed by atoms with Gasteiger partial charge in [0, 0.05) is 32.2 Å². The smallest absolute Gasteiger partial charge is 0.246 e. The first kappa shape index (κ1) is 10.6. The molecule has 0 aliphatic carbocycles. The van der Waals surface area contributed by atoms with Crippen LogP contribution in [0.25, 0.3) is 0 Å². The summed E-state index contributed by atoms with van der Waals surface area (Å²) in [5, 5.41) is 0. The van der Waals surface area contributed by atoms with Crippen LogP contribution in [0.3, 0.4) is 0 Å². The van der Waals surface area contributed by atoms with Gasteiger partial charge < -0.3 is 9.64 Å². The van der Waals surface area contributed by atoms with Gasteiger partial charge in [0.1, 0.15) is 0 Å². The molecular weight excluding hydrogens is 192 g/mol. The van der Waals surface area contributed by atoms with E-state index in [9.17, 15) is 4.79 Å². The summed E-state index contributed by atoms with van der Waals surface area (Å²) in [6.07, 6.45) is 2.49. The molecule has 0 unspecified atom stereocenters. The summed E-state index contributed by atoms with van der Waals surface area (Å²) in [5.41, 5.74) is 0. The molecule has 0 radical (unpaired) electrons. The van der Waals surface area contributed by atoms with Crippen LogP contribution in [-0.4, -0.2) is 61.1 Å². The zero-order valence-electron chi connectivity index (χ0n) is 9.02. The first-order valence-corrected chi connectivity index (χ1v) is 5.54. The molecule has 0 aromatic carbocycles. The lowest BCUT2D eigenvalue weighted by atomic mass is 10.2. The molecule has 4 heteroatoms. The number of nitrogens with zero attached hydrogens (tertiary/aromatic N) is 2. The zero-order chi connectivity index (χ0) is 10.7. The summed E-state index contributed by atoms with van der Waals surface area (Å²) in [4.78, 5) is 15.7. The van der Waals surface area contributed by atoms with Gasteiger partial charge in [0.15, 0.2) is 0 Å². The van der Waals surface area contributed by atoms with Gasteiger partial charge in [-0.1, -0.05) is 6.58 Å². The first-order chi connectivity index (χ1) is 7.31. The van der Waals surface area contributed by atoms with Gasteiger partial charge >= 0.3 is 0 Å². The Kier molecular flexibility index (Phi) is 3.38. The molecule has 2 saturated heterocycles. The number of carbonyl (C=O) groups excluding carboxylic acids is 1. The minimum Gasteiger partial charge on any atom is -0.379 e. The molecule has 2 heterocycles. The van der Waals surface area contributed by atoms with Gasteiger partial charge in [-0.3, -0.25) is 9.69 Å². The number of hydrogen-bond donors (Lipinski definition) is 0. The van der Waals surface area contributed by atoms with Crippen molar-refractivity contribution in [2.24, 2.45) is 0 Å². The Bertz CT molecular complexity index is 249. The molecule has 2 aliphatic heterocycles. The number of likely N-dealkylation sites (tertiary alicyclic amines) is 1. The van der Waals surface area contributed by atoms with Crippen LogP contribution in [0.1, 0.15) is 6.42 Å². The lowest BCUT2D eigenvalue weighted by Crippen LogP contribution is -2.45. The van der Waals surface area contributed by atoms with Crippen LogP contribution >= 0.6 is 0 Å². The van der Waals surface area contributed by atoms with Crippen LogP contribution in [0.5, 0.6) is 0 Å². The molecule has 2 fully saturated rings. The van der Waals surface area contributed by atoms with Crippen LogP contribution < -0.4 is 0 Å². The van der Waals surface area contributed by atoms with Gasteiger partial charge in [-0.15, -0.1) is 0 Å². The Hall–Kier alpha value is -0.870. The number of ether oxygens (including phenoxy) is 1. The molecule has 0 aromatic rings. The maximum Gasteiger partial charge on any atom is 0.246 e. The van der Waals surface area contributed by atoms with E-state index >= 15 is 0 Å². The lowest BCUT2D eigenvalue weighted by Gasteiger charge is -2.31. The number of carbonyl (C=O) groups is 1. The Morgan fingerprint density at radius 3 is 2.73 bits per heavy atom. The van der Waals surface area contributed by atoms with E-state index in [-0.39, 0.29) is 5.91 Å². The molecule has 0 saturated carbocycles. The molecule has 15 heavy (non-hydrogen) atoms.